The van der Waals surface area contributed by atoms with Crippen LogP contribution in [0.5, 0.6) is 0 Å². The minimum Gasteiger partial charge on any atom is -1.00 e. The van der Waals surface area contributed by atoms with Crippen molar-refractivity contribution in [2.75, 3.05) is 45.7 Å². The van der Waals surface area contributed by atoms with Crippen molar-refractivity contribution in [3.63, 3.8) is 0 Å². The summed E-state index contributed by atoms with van der Waals surface area (Å²) in [6, 6.07) is 13.9. The number of esters is 1. The lowest BCUT2D eigenvalue weighted by Gasteiger charge is -2.38. The van der Waals surface area contributed by atoms with Crippen molar-refractivity contribution in [2.45, 2.75) is 31.2 Å². The number of nitrogens with zero attached hydrogens (tertiary/aromatic N) is 6. The molecule has 1 aliphatic heterocycles. The van der Waals surface area contributed by atoms with Gasteiger partial charge in [-0.15, -0.1) is 28.3 Å². The van der Waals surface area contributed by atoms with E-state index in [0.717, 1.165) is 30.3 Å². The van der Waals surface area contributed by atoms with Gasteiger partial charge in [-0.1, -0.05) is 30.2 Å². The van der Waals surface area contributed by atoms with Gasteiger partial charge in [0, 0.05) is 28.0 Å². The Hall–Kier alpha value is -4.59. The van der Waals surface area contributed by atoms with E-state index in [0.29, 0.717) is 27.9 Å². The summed E-state index contributed by atoms with van der Waals surface area (Å²) in [4.78, 5) is 35.3. The van der Waals surface area contributed by atoms with Gasteiger partial charge >= 0.3 is 18.2 Å². The Morgan fingerprint density at radius 3 is 2.42 bits per heavy atom. The number of hydrogen-bond acceptors (Lipinski definition) is 11. The molecule has 0 fully saturated rings. The highest BCUT2D eigenvalue weighted by molar-refractivity contribution is 7.10. The number of carbonyl (C=O) groups excluding carboxylic acids is 2. The van der Waals surface area contributed by atoms with E-state index >= 15 is 4.39 Å². The van der Waals surface area contributed by atoms with Crippen molar-refractivity contribution in [3.05, 3.63) is 105 Å². The number of nitrogens with one attached hydrogen (secondary N) is 1. The van der Waals surface area contributed by atoms with E-state index in [4.69, 9.17) is 14.7 Å². The lowest BCUT2D eigenvalue weighted by atomic mass is 9.81. The zero-order valence-electron chi connectivity index (χ0n) is 30.5. The molecule has 1 unspecified atom stereocenters. The van der Waals surface area contributed by atoms with Crippen LogP contribution >= 0.6 is 23.7 Å². The molecule has 1 amide bonds. The molecule has 5 rings (SSSR count). The summed E-state index contributed by atoms with van der Waals surface area (Å²) in [5, 5.41) is 30.3. The number of benzene rings is 3. The number of halogens is 7. The van der Waals surface area contributed by atoms with Crippen LogP contribution in [0, 0.1) is 23.0 Å². The second-order valence-electron chi connectivity index (χ2n) is 12.9. The van der Waals surface area contributed by atoms with Crippen molar-refractivity contribution in [3.8, 4) is 17.3 Å². The van der Waals surface area contributed by atoms with Crippen LogP contribution in [0.3, 0.4) is 0 Å². The first-order chi connectivity index (χ1) is 26.0. The third-order valence-electron chi connectivity index (χ3n) is 8.68. The molecular formula is C37H36ClF5IN7O5S. The van der Waals surface area contributed by atoms with Crippen LogP contribution in [-0.4, -0.2) is 84.7 Å². The van der Waals surface area contributed by atoms with Crippen LogP contribution in [0.25, 0.3) is 11.3 Å². The summed E-state index contributed by atoms with van der Waals surface area (Å²) >= 11 is 1.18. The number of aliphatic hydroxyl groups is 1. The number of aromatic nitrogens is 1. The first kappa shape index (κ1) is 46.8. The van der Waals surface area contributed by atoms with E-state index in [2.05, 4.69) is 20.4 Å². The summed E-state index contributed by atoms with van der Waals surface area (Å²) in [5.41, 5.74) is -2.23. The minimum absolute atomic E-state index is 0. The van der Waals surface area contributed by atoms with Gasteiger partial charge in [-0.25, -0.2) is 18.6 Å². The number of quaternary nitrogens is 1. The highest BCUT2D eigenvalue weighted by atomic mass is 127. The number of aliphatic imine (C=N–C) groups is 1. The number of likely N-dealkylation sites (N-methyl/N-ethyl adjacent to an activating group) is 1. The molecule has 2 heterocycles. The number of hydrogen-bond donors (Lipinski definition) is 2. The Balaban J connectivity index is 0.00000435. The molecule has 1 aliphatic rings. The quantitative estimate of drug-likeness (QED) is 0.0834. The normalized spacial score (nSPS) is 16.2. The molecule has 12 nitrogen and oxygen atoms in total. The van der Waals surface area contributed by atoms with Crippen LogP contribution in [0.15, 0.2) is 76.1 Å². The number of thiazole rings is 1. The SMILES string of the molecule is C[C@@H](c1nc(-c2ccc(C#N)cc2)cs1)[C@](O)(C[N+]1(CCOC(=O)Nc2cc(C(F)(F)F)ccc2COC(=O)CN(C)C)C=NC=N1)c1cc(F)ccc1F.Cl.[I-]. The maximum Gasteiger partial charge on any atom is 0.416 e. The largest absolute Gasteiger partial charge is 1.00 e. The first-order valence-corrected chi connectivity index (χ1v) is 17.4. The summed E-state index contributed by atoms with van der Waals surface area (Å²) in [5.74, 6) is -3.34. The lowest BCUT2D eigenvalue weighted by molar-refractivity contribution is -0.848. The topological polar surface area (TPSA) is 150 Å². The molecule has 3 aromatic carbocycles. The molecule has 304 valence electrons. The predicted molar refractivity (Wildman–Crippen MR) is 200 cm³/mol. The Kier molecular flexibility index (Phi) is 16.2. The number of nitriles is 1. The van der Waals surface area contributed by atoms with Crippen molar-refractivity contribution in [2.24, 2.45) is 10.1 Å². The average molecular weight is 948 g/mol. The highest BCUT2D eigenvalue weighted by Crippen LogP contribution is 2.43. The molecule has 3 atom stereocenters. The van der Waals surface area contributed by atoms with Crippen molar-refractivity contribution < 1.29 is 74.7 Å². The molecule has 0 aliphatic carbocycles. The van der Waals surface area contributed by atoms with Gasteiger partial charge in [0.1, 0.15) is 37.9 Å². The van der Waals surface area contributed by atoms with Gasteiger partial charge in [0.2, 0.25) is 6.34 Å². The zero-order chi connectivity index (χ0) is 40.0. The molecule has 57 heavy (non-hydrogen) atoms. The van der Waals surface area contributed by atoms with Gasteiger partial charge in [0.05, 0.1) is 40.1 Å². The summed E-state index contributed by atoms with van der Waals surface area (Å²) in [6.45, 7) is -0.00862. The summed E-state index contributed by atoms with van der Waals surface area (Å²) in [6.07, 6.45) is -3.42. The molecule has 0 saturated carbocycles. The van der Waals surface area contributed by atoms with E-state index in [9.17, 15) is 32.3 Å². The van der Waals surface area contributed by atoms with Gasteiger partial charge in [-0.3, -0.25) is 15.0 Å². The molecule has 1 aromatic heterocycles. The number of carbonyl (C=O) groups is 2. The van der Waals surface area contributed by atoms with E-state index in [-0.39, 0.29) is 66.3 Å². The third kappa shape index (κ3) is 11.7. The number of rotatable bonds is 14. The van der Waals surface area contributed by atoms with E-state index in [1.165, 1.54) is 24.0 Å². The fourth-order valence-corrected chi connectivity index (χ4v) is 6.70. The molecule has 0 radical (unpaired) electrons. The monoisotopic (exact) mass is 947 g/mol. The summed E-state index contributed by atoms with van der Waals surface area (Å²) in [7, 11) is 3.26. The van der Waals surface area contributed by atoms with Crippen LogP contribution in [0.2, 0.25) is 0 Å². The fraction of sp³-hybridized carbons (Fsp3) is 0.297. The molecule has 0 saturated heterocycles. The third-order valence-corrected chi connectivity index (χ3v) is 9.71. The Bertz CT molecular complexity index is 2140. The van der Waals surface area contributed by atoms with Crippen molar-refractivity contribution in [1.82, 2.24) is 9.88 Å². The van der Waals surface area contributed by atoms with Gasteiger partial charge < -0.3 is 38.6 Å². The minimum atomic E-state index is -4.75. The Labute approximate surface area is 351 Å². The van der Waals surface area contributed by atoms with Crippen LogP contribution < -0.4 is 29.3 Å². The standard InChI is InChI=1S/C37H34F5N7O5S.ClH.HI/c1-23(34-46-32(19-55-34)25-6-4-24(16-43)5-7-25)36(52,29-15-28(38)10-11-30(29)39)20-49(22-44-21-45-49)12-13-53-35(51)47-31-14-27(37(40,41)42)9-8-26(31)18-54-33(50)17-48(2)3;;/h4-11,14-15,19,21-23,52H,12-13,17-18,20H2,1-3H3;2*1H/t23-,36+,49?;;/m0../s1. The van der Waals surface area contributed by atoms with Gasteiger partial charge in [-0.2, -0.15) is 23.4 Å². The Morgan fingerprint density at radius 1 is 1.07 bits per heavy atom. The molecular weight excluding hydrogens is 912 g/mol. The van der Waals surface area contributed by atoms with Crippen LogP contribution in [-0.2, 0) is 32.7 Å². The fourth-order valence-electron chi connectivity index (χ4n) is 5.73. The molecule has 20 heteroatoms. The zero-order valence-corrected chi connectivity index (χ0v) is 34.3. The maximum atomic E-state index is 15.5. The van der Waals surface area contributed by atoms with Gasteiger partial charge in [0.25, 0.3) is 0 Å². The second kappa shape index (κ2) is 19.7. The highest BCUT2D eigenvalue weighted by Gasteiger charge is 2.49. The lowest BCUT2D eigenvalue weighted by Crippen LogP contribution is -3.00. The average Bonchev–Trinajstić information content (AvgIpc) is 3.82. The molecule has 2 N–H and O–H groups in total. The van der Waals surface area contributed by atoms with E-state index in [1.807, 2.05) is 6.07 Å². The smallest absolute Gasteiger partial charge is 0.416 e. The number of ether oxygens (including phenoxy) is 2. The number of amides is 1. The summed E-state index contributed by atoms with van der Waals surface area (Å²) < 4.78 is 80.7. The predicted octanol–water partition coefficient (Wildman–Crippen LogP) is 4.05. The number of anilines is 1. The molecule has 4 aromatic rings. The maximum absolute atomic E-state index is 15.5. The number of alkyl halides is 3. The first-order valence-electron chi connectivity index (χ1n) is 16.6. The molecule has 0 spiro atoms. The van der Waals surface area contributed by atoms with E-state index in [1.54, 1.807) is 55.6 Å². The second-order valence-corrected chi connectivity index (χ2v) is 13.8. The molecule has 0 bridgehead atoms. The van der Waals surface area contributed by atoms with E-state index < -0.39 is 71.3 Å². The Morgan fingerprint density at radius 2 is 1.79 bits per heavy atom. The van der Waals surface area contributed by atoms with Gasteiger partial charge in [0.15, 0.2) is 11.9 Å². The van der Waals surface area contributed by atoms with Crippen molar-refractivity contribution in [1.29, 1.82) is 5.26 Å². The van der Waals surface area contributed by atoms with Crippen LogP contribution in [0.4, 0.5) is 32.4 Å². The van der Waals surface area contributed by atoms with Gasteiger partial charge in [-0.05, 0) is 56.6 Å². The van der Waals surface area contributed by atoms with Crippen molar-refractivity contribution >= 4 is 54.2 Å². The van der Waals surface area contributed by atoms with Crippen LogP contribution in [0.1, 0.15) is 40.1 Å².